The standard InChI is InChI=1S/C12H22O14S/c13-1-3-5(14)6(15)9(18)12(25-3)26-10-4(2-23-27(20,21)22)24-11(19)8(17)7(10)16/h3-19H,1-2H2,(H,20,21,22)/t3-,4-,5-,6+,7-,8-,9-,10-,11-,12-/m1/s1. The zero-order valence-corrected chi connectivity index (χ0v) is 14.4. The monoisotopic (exact) mass is 422 g/mol. The normalized spacial score (nSPS) is 46.4. The van der Waals surface area contributed by atoms with Gasteiger partial charge in [0, 0.05) is 0 Å². The number of aliphatic hydroxyl groups is 7. The summed E-state index contributed by atoms with van der Waals surface area (Å²) in [6, 6.07) is 0. The Hall–Kier alpha value is -0.530. The highest BCUT2D eigenvalue weighted by Crippen LogP contribution is 2.28. The molecule has 0 aliphatic carbocycles. The van der Waals surface area contributed by atoms with Crippen LogP contribution in [-0.2, 0) is 28.8 Å². The summed E-state index contributed by atoms with van der Waals surface area (Å²) in [4.78, 5) is 0. The van der Waals surface area contributed by atoms with Gasteiger partial charge in [0.25, 0.3) is 0 Å². The zero-order valence-electron chi connectivity index (χ0n) is 13.6. The molecule has 0 radical (unpaired) electrons. The van der Waals surface area contributed by atoms with Crippen molar-refractivity contribution in [1.82, 2.24) is 0 Å². The minimum absolute atomic E-state index is 0.759. The second-order valence-corrected chi connectivity index (χ2v) is 7.15. The zero-order chi connectivity index (χ0) is 20.5. The molecular weight excluding hydrogens is 400 g/mol. The van der Waals surface area contributed by atoms with Crippen molar-refractivity contribution in [2.75, 3.05) is 13.2 Å². The van der Waals surface area contributed by atoms with Gasteiger partial charge in [-0.05, 0) is 0 Å². The van der Waals surface area contributed by atoms with Gasteiger partial charge in [0.15, 0.2) is 12.6 Å². The Labute approximate surface area is 153 Å². The first kappa shape index (κ1) is 22.8. The summed E-state index contributed by atoms with van der Waals surface area (Å²) in [5.74, 6) is 0. The first-order valence-electron chi connectivity index (χ1n) is 7.73. The Kier molecular flexibility index (Phi) is 7.47. The molecule has 10 atom stereocenters. The van der Waals surface area contributed by atoms with Crippen LogP contribution in [0.1, 0.15) is 0 Å². The van der Waals surface area contributed by atoms with E-state index in [2.05, 4.69) is 4.18 Å². The third-order valence-electron chi connectivity index (χ3n) is 4.18. The maximum atomic E-state index is 10.7. The lowest BCUT2D eigenvalue weighted by atomic mass is 9.97. The van der Waals surface area contributed by atoms with Crippen LogP contribution in [0.4, 0.5) is 0 Å². The average Bonchev–Trinajstić information content (AvgIpc) is 2.60. The van der Waals surface area contributed by atoms with Gasteiger partial charge >= 0.3 is 10.4 Å². The van der Waals surface area contributed by atoms with Gasteiger partial charge in [-0.2, -0.15) is 8.42 Å². The van der Waals surface area contributed by atoms with Crippen molar-refractivity contribution in [2.45, 2.75) is 61.4 Å². The molecule has 2 aliphatic heterocycles. The summed E-state index contributed by atoms with van der Waals surface area (Å²) in [5, 5.41) is 67.9. The SMILES string of the molecule is O=S(=O)(O)OC[C@H]1O[C@@H](O)[C@H](O)[C@@H](O)[C@@H]1O[C@H]1O[C@H](CO)[C@@H](O)[C@H](O)[C@H]1O. The van der Waals surface area contributed by atoms with Crippen molar-refractivity contribution >= 4 is 10.4 Å². The third-order valence-corrected chi connectivity index (χ3v) is 4.61. The molecule has 27 heavy (non-hydrogen) atoms. The molecule has 14 nitrogen and oxygen atoms in total. The van der Waals surface area contributed by atoms with Crippen LogP contribution >= 0.6 is 0 Å². The molecule has 8 N–H and O–H groups in total. The number of hydrogen-bond acceptors (Lipinski definition) is 13. The molecule has 2 rings (SSSR count). The van der Waals surface area contributed by atoms with Crippen LogP contribution in [0.25, 0.3) is 0 Å². The molecule has 0 saturated carbocycles. The molecular formula is C12H22O14S. The highest BCUT2D eigenvalue weighted by atomic mass is 32.3. The van der Waals surface area contributed by atoms with Crippen LogP contribution in [-0.4, -0.2) is 123 Å². The molecule has 2 saturated heterocycles. The number of ether oxygens (including phenoxy) is 3. The lowest BCUT2D eigenvalue weighted by molar-refractivity contribution is -0.354. The molecule has 0 aromatic rings. The minimum Gasteiger partial charge on any atom is -0.394 e. The van der Waals surface area contributed by atoms with Crippen molar-refractivity contribution in [3.05, 3.63) is 0 Å². The second-order valence-electron chi connectivity index (χ2n) is 6.06. The molecule has 0 unspecified atom stereocenters. The van der Waals surface area contributed by atoms with Gasteiger partial charge in [-0.3, -0.25) is 4.55 Å². The van der Waals surface area contributed by atoms with Crippen molar-refractivity contribution < 1.29 is 67.1 Å². The summed E-state index contributed by atoms with van der Waals surface area (Å²) in [7, 11) is -4.92. The molecule has 2 fully saturated rings. The molecule has 0 aromatic heterocycles. The summed E-state index contributed by atoms with van der Waals surface area (Å²) >= 11 is 0. The van der Waals surface area contributed by atoms with E-state index in [-0.39, 0.29) is 0 Å². The summed E-state index contributed by atoms with van der Waals surface area (Å²) in [6.07, 6.45) is -17.4. The quantitative estimate of drug-likeness (QED) is 0.186. The molecule has 160 valence electrons. The van der Waals surface area contributed by atoms with Crippen molar-refractivity contribution in [1.29, 1.82) is 0 Å². The average molecular weight is 422 g/mol. The fraction of sp³-hybridized carbons (Fsp3) is 1.00. The first-order chi connectivity index (χ1) is 12.5. The summed E-state index contributed by atoms with van der Waals surface area (Å²) in [6.45, 7) is -1.72. The van der Waals surface area contributed by atoms with Crippen molar-refractivity contribution in [2.24, 2.45) is 0 Å². The van der Waals surface area contributed by atoms with E-state index in [1.165, 1.54) is 0 Å². The molecule has 2 aliphatic rings. The predicted molar refractivity (Wildman–Crippen MR) is 79.0 cm³/mol. The smallest absolute Gasteiger partial charge is 0.394 e. The lowest BCUT2D eigenvalue weighted by Crippen LogP contribution is -2.64. The maximum Gasteiger partial charge on any atom is 0.397 e. The lowest BCUT2D eigenvalue weighted by Gasteiger charge is -2.45. The van der Waals surface area contributed by atoms with Crippen molar-refractivity contribution in [3.8, 4) is 0 Å². The predicted octanol–water partition coefficient (Wildman–Crippen LogP) is -5.57. The highest BCUT2D eigenvalue weighted by molar-refractivity contribution is 7.80. The van der Waals surface area contributed by atoms with E-state index in [9.17, 15) is 39.1 Å². The number of hydrogen-bond donors (Lipinski definition) is 8. The maximum absolute atomic E-state index is 10.7. The van der Waals surface area contributed by atoms with Gasteiger partial charge in [-0.25, -0.2) is 4.18 Å². The van der Waals surface area contributed by atoms with E-state index < -0.39 is 85.0 Å². The van der Waals surface area contributed by atoms with Gasteiger partial charge in [0.05, 0.1) is 13.2 Å². The molecule has 0 amide bonds. The topological polar surface area (TPSA) is 233 Å². The Bertz CT molecular complexity index is 583. The van der Waals surface area contributed by atoms with Crippen LogP contribution < -0.4 is 0 Å². The van der Waals surface area contributed by atoms with E-state index in [0.717, 1.165) is 0 Å². The van der Waals surface area contributed by atoms with Gasteiger partial charge in [0.1, 0.15) is 48.8 Å². The largest absolute Gasteiger partial charge is 0.397 e. The molecule has 0 bridgehead atoms. The van der Waals surface area contributed by atoms with E-state index >= 15 is 0 Å². The van der Waals surface area contributed by atoms with Crippen LogP contribution in [0, 0.1) is 0 Å². The second kappa shape index (κ2) is 8.87. The van der Waals surface area contributed by atoms with Crippen molar-refractivity contribution in [3.63, 3.8) is 0 Å². The van der Waals surface area contributed by atoms with Gasteiger partial charge < -0.3 is 50.0 Å². The Morgan fingerprint density at radius 3 is 2.00 bits per heavy atom. The third kappa shape index (κ3) is 5.30. The molecule has 2 heterocycles. The van der Waals surface area contributed by atoms with Gasteiger partial charge in [-0.15, -0.1) is 0 Å². The highest BCUT2D eigenvalue weighted by Gasteiger charge is 2.50. The van der Waals surface area contributed by atoms with E-state index in [1.54, 1.807) is 0 Å². The molecule has 0 aromatic carbocycles. The Morgan fingerprint density at radius 1 is 0.815 bits per heavy atom. The summed E-state index contributed by atoms with van der Waals surface area (Å²) < 4.78 is 49.4. The molecule has 15 heteroatoms. The minimum atomic E-state index is -4.92. The first-order valence-corrected chi connectivity index (χ1v) is 9.10. The van der Waals surface area contributed by atoms with Crippen LogP contribution in [0.2, 0.25) is 0 Å². The number of rotatable bonds is 6. The molecule has 0 spiro atoms. The van der Waals surface area contributed by atoms with Crippen LogP contribution in [0.15, 0.2) is 0 Å². The van der Waals surface area contributed by atoms with E-state index in [1.807, 2.05) is 0 Å². The Morgan fingerprint density at radius 2 is 1.44 bits per heavy atom. The van der Waals surface area contributed by atoms with E-state index in [4.69, 9.17) is 23.9 Å². The van der Waals surface area contributed by atoms with Gasteiger partial charge in [-0.1, -0.05) is 0 Å². The number of aliphatic hydroxyl groups excluding tert-OH is 7. The van der Waals surface area contributed by atoms with Crippen LogP contribution in [0.3, 0.4) is 0 Å². The van der Waals surface area contributed by atoms with Crippen LogP contribution in [0.5, 0.6) is 0 Å². The fourth-order valence-electron chi connectivity index (χ4n) is 2.71. The van der Waals surface area contributed by atoms with E-state index in [0.29, 0.717) is 0 Å². The summed E-state index contributed by atoms with van der Waals surface area (Å²) in [5.41, 5.74) is 0. The van der Waals surface area contributed by atoms with Gasteiger partial charge in [0.2, 0.25) is 0 Å². The fourth-order valence-corrected chi connectivity index (χ4v) is 3.02. The Balaban J connectivity index is 2.17.